The van der Waals surface area contributed by atoms with Crippen LogP contribution in [0.1, 0.15) is 36.1 Å². The molecule has 0 heterocycles. The fraction of sp³-hybridized carbons (Fsp3) is 0.318. The van der Waals surface area contributed by atoms with Gasteiger partial charge in [0.1, 0.15) is 6.54 Å². The van der Waals surface area contributed by atoms with Crippen molar-refractivity contribution in [3.8, 4) is 0 Å². The molecule has 2 aromatic rings. The molecule has 3 nitrogen and oxygen atoms in total. The number of rotatable bonds is 8. The van der Waals surface area contributed by atoms with Gasteiger partial charge >= 0.3 is 0 Å². The molecule has 0 atom stereocenters. The van der Waals surface area contributed by atoms with E-state index < -0.39 is 0 Å². The number of hydrogen-bond donors (Lipinski definition) is 2. The van der Waals surface area contributed by atoms with Crippen molar-refractivity contribution in [2.45, 2.75) is 33.9 Å². The maximum absolute atomic E-state index is 11.9. The van der Waals surface area contributed by atoms with E-state index in [0.717, 1.165) is 30.8 Å². The molecule has 0 fully saturated rings. The van der Waals surface area contributed by atoms with Crippen molar-refractivity contribution in [3.63, 3.8) is 0 Å². The number of hydrogen-bond acceptors (Lipinski definition) is 1. The van der Waals surface area contributed by atoms with E-state index in [2.05, 4.69) is 50.4 Å². The Hall–Kier alpha value is -2.39. The summed E-state index contributed by atoms with van der Waals surface area (Å²) in [7, 11) is 0. The molecule has 0 spiro atoms. The van der Waals surface area contributed by atoms with Gasteiger partial charge in [0.05, 0.1) is 13.1 Å². The Labute approximate surface area is 151 Å². The highest BCUT2D eigenvalue weighted by molar-refractivity contribution is 5.91. The summed E-state index contributed by atoms with van der Waals surface area (Å²) in [4.78, 5) is 13.5. The number of quaternary nitrogens is 1. The number of carbonyl (C=O) groups excluding carboxylic acids is 1. The molecule has 0 aliphatic heterocycles. The maximum Gasteiger partial charge on any atom is 0.244 e. The summed E-state index contributed by atoms with van der Waals surface area (Å²) in [5.41, 5.74) is 4.71. The molecule has 2 aromatic carbocycles. The lowest BCUT2D eigenvalue weighted by Crippen LogP contribution is -3.10. The highest BCUT2D eigenvalue weighted by Crippen LogP contribution is 2.05. The fourth-order valence-corrected chi connectivity index (χ4v) is 2.66. The van der Waals surface area contributed by atoms with Gasteiger partial charge in [0.2, 0.25) is 5.91 Å². The molecule has 0 aliphatic carbocycles. The van der Waals surface area contributed by atoms with E-state index in [9.17, 15) is 4.79 Å². The Morgan fingerprint density at radius 3 is 2.16 bits per heavy atom. The number of benzene rings is 2. The van der Waals surface area contributed by atoms with Crippen molar-refractivity contribution in [2.24, 2.45) is 0 Å². The monoisotopic (exact) mass is 337 g/mol. The normalized spacial score (nSPS) is 11.2. The zero-order valence-corrected chi connectivity index (χ0v) is 15.5. The molecular weight excluding hydrogens is 308 g/mol. The topological polar surface area (TPSA) is 33.5 Å². The molecule has 3 heteroatoms. The SMILES string of the molecule is CC[NH+](CC)Cc1ccc(CNC(=O)/C=C/c2ccc(C)cc2)cc1. The van der Waals surface area contributed by atoms with Crippen molar-refractivity contribution in [1.82, 2.24) is 5.32 Å². The summed E-state index contributed by atoms with van der Waals surface area (Å²) in [6, 6.07) is 16.6. The summed E-state index contributed by atoms with van der Waals surface area (Å²) < 4.78 is 0. The first-order valence-electron chi connectivity index (χ1n) is 9.04. The van der Waals surface area contributed by atoms with E-state index in [4.69, 9.17) is 0 Å². The third kappa shape index (κ3) is 6.55. The summed E-state index contributed by atoms with van der Waals surface area (Å²) in [6.07, 6.45) is 3.42. The van der Waals surface area contributed by atoms with Gasteiger partial charge in [0.15, 0.2) is 0 Å². The van der Waals surface area contributed by atoms with Gasteiger partial charge in [0, 0.05) is 18.2 Å². The first-order chi connectivity index (χ1) is 12.1. The van der Waals surface area contributed by atoms with E-state index in [1.807, 2.05) is 30.3 Å². The van der Waals surface area contributed by atoms with Crippen molar-refractivity contribution in [1.29, 1.82) is 0 Å². The summed E-state index contributed by atoms with van der Waals surface area (Å²) in [5.74, 6) is -0.0720. The zero-order chi connectivity index (χ0) is 18.1. The van der Waals surface area contributed by atoms with E-state index in [-0.39, 0.29) is 5.91 Å². The molecule has 0 aromatic heterocycles. The third-order valence-electron chi connectivity index (χ3n) is 4.45. The average Bonchev–Trinajstić information content (AvgIpc) is 2.65. The highest BCUT2D eigenvalue weighted by atomic mass is 16.1. The molecule has 2 rings (SSSR count). The van der Waals surface area contributed by atoms with Crippen LogP contribution in [0.15, 0.2) is 54.6 Å². The third-order valence-corrected chi connectivity index (χ3v) is 4.45. The second-order valence-electron chi connectivity index (χ2n) is 6.41. The quantitative estimate of drug-likeness (QED) is 0.714. The first kappa shape index (κ1) is 18.9. The van der Waals surface area contributed by atoms with E-state index in [1.54, 1.807) is 11.0 Å². The van der Waals surface area contributed by atoms with Gasteiger partial charge in [0.25, 0.3) is 0 Å². The lowest BCUT2D eigenvalue weighted by molar-refractivity contribution is -0.910. The zero-order valence-electron chi connectivity index (χ0n) is 15.5. The maximum atomic E-state index is 11.9. The molecule has 25 heavy (non-hydrogen) atoms. The van der Waals surface area contributed by atoms with Crippen LogP contribution in [0, 0.1) is 6.92 Å². The van der Waals surface area contributed by atoms with Crippen LogP contribution in [0.4, 0.5) is 0 Å². The van der Waals surface area contributed by atoms with Crippen LogP contribution in [0.25, 0.3) is 6.08 Å². The lowest BCUT2D eigenvalue weighted by Gasteiger charge is -2.15. The van der Waals surface area contributed by atoms with E-state index in [0.29, 0.717) is 6.54 Å². The van der Waals surface area contributed by atoms with Crippen molar-refractivity contribution in [2.75, 3.05) is 13.1 Å². The average molecular weight is 337 g/mol. The predicted molar refractivity (Wildman–Crippen MR) is 104 cm³/mol. The molecule has 0 saturated heterocycles. The van der Waals surface area contributed by atoms with Crippen LogP contribution < -0.4 is 10.2 Å². The van der Waals surface area contributed by atoms with Gasteiger partial charge < -0.3 is 10.2 Å². The second-order valence-corrected chi connectivity index (χ2v) is 6.41. The number of aryl methyl sites for hydroxylation is 1. The molecule has 2 N–H and O–H groups in total. The molecule has 0 bridgehead atoms. The van der Waals surface area contributed by atoms with Gasteiger partial charge in [-0.15, -0.1) is 0 Å². The standard InChI is InChI=1S/C22H28N2O/c1-4-24(5-2)17-21-12-10-20(11-13-21)16-23-22(25)15-14-19-8-6-18(3)7-9-19/h6-15H,4-5,16-17H2,1-3H3,(H,23,25)/p+1/b15-14+. The minimum Gasteiger partial charge on any atom is -0.348 e. The number of carbonyl (C=O) groups is 1. The second kappa shape index (κ2) is 9.80. The largest absolute Gasteiger partial charge is 0.348 e. The Kier molecular flexibility index (Phi) is 7.42. The van der Waals surface area contributed by atoms with Crippen LogP contribution in [0.2, 0.25) is 0 Å². The molecule has 0 saturated carbocycles. The molecular formula is C22H29N2O+. The summed E-state index contributed by atoms with van der Waals surface area (Å²) in [6.45, 7) is 10.4. The van der Waals surface area contributed by atoms with Crippen molar-refractivity contribution in [3.05, 3.63) is 76.9 Å². The Morgan fingerprint density at radius 2 is 1.56 bits per heavy atom. The number of amides is 1. The molecule has 0 aliphatic rings. The molecule has 0 unspecified atom stereocenters. The summed E-state index contributed by atoms with van der Waals surface area (Å²) in [5, 5.41) is 2.93. The Bertz CT molecular complexity index is 683. The van der Waals surface area contributed by atoms with Crippen LogP contribution in [-0.4, -0.2) is 19.0 Å². The van der Waals surface area contributed by atoms with Crippen LogP contribution >= 0.6 is 0 Å². The van der Waals surface area contributed by atoms with Gasteiger partial charge in [-0.2, -0.15) is 0 Å². The highest BCUT2D eigenvalue weighted by Gasteiger charge is 2.04. The first-order valence-corrected chi connectivity index (χ1v) is 9.04. The van der Waals surface area contributed by atoms with E-state index in [1.165, 1.54) is 11.1 Å². The minimum atomic E-state index is -0.0720. The molecule has 0 radical (unpaired) electrons. The van der Waals surface area contributed by atoms with Gasteiger partial charge in [-0.05, 0) is 38.0 Å². The smallest absolute Gasteiger partial charge is 0.244 e. The van der Waals surface area contributed by atoms with Crippen LogP contribution in [-0.2, 0) is 17.9 Å². The molecule has 132 valence electrons. The number of nitrogens with one attached hydrogen (secondary N) is 2. The Balaban J connectivity index is 1.82. The van der Waals surface area contributed by atoms with Gasteiger partial charge in [-0.3, -0.25) is 4.79 Å². The van der Waals surface area contributed by atoms with E-state index >= 15 is 0 Å². The molecule has 1 amide bonds. The lowest BCUT2D eigenvalue weighted by atomic mass is 10.1. The fourth-order valence-electron chi connectivity index (χ4n) is 2.66. The predicted octanol–water partition coefficient (Wildman–Crippen LogP) is 2.75. The van der Waals surface area contributed by atoms with Gasteiger partial charge in [-0.1, -0.05) is 54.1 Å². The van der Waals surface area contributed by atoms with Crippen LogP contribution in [0.3, 0.4) is 0 Å². The van der Waals surface area contributed by atoms with Crippen LogP contribution in [0.5, 0.6) is 0 Å². The summed E-state index contributed by atoms with van der Waals surface area (Å²) >= 11 is 0. The van der Waals surface area contributed by atoms with Crippen molar-refractivity contribution < 1.29 is 9.69 Å². The Morgan fingerprint density at radius 1 is 0.960 bits per heavy atom. The van der Waals surface area contributed by atoms with Gasteiger partial charge in [-0.25, -0.2) is 0 Å². The van der Waals surface area contributed by atoms with Crippen molar-refractivity contribution >= 4 is 12.0 Å². The minimum absolute atomic E-state index is 0.0720.